The molecule has 3 rings (SSSR count). The molecular formula is C25H28N2O4. The lowest BCUT2D eigenvalue weighted by molar-refractivity contribution is -0.125. The van der Waals surface area contributed by atoms with Gasteiger partial charge in [0.05, 0.1) is 6.10 Å². The van der Waals surface area contributed by atoms with Gasteiger partial charge in [0.15, 0.2) is 0 Å². The lowest BCUT2D eigenvalue weighted by Crippen LogP contribution is -2.26. The van der Waals surface area contributed by atoms with Crippen LogP contribution in [0.4, 0.5) is 5.69 Å². The number of aliphatic hydroxyl groups is 1. The molecule has 0 saturated heterocycles. The van der Waals surface area contributed by atoms with Crippen LogP contribution >= 0.6 is 0 Å². The summed E-state index contributed by atoms with van der Waals surface area (Å²) >= 11 is 0. The summed E-state index contributed by atoms with van der Waals surface area (Å²) in [6.45, 7) is 9.02. The Labute approximate surface area is 182 Å². The van der Waals surface area contributed by atoms with E-state index < -0.39 is 24.1 Å². The molecule has 0 saturated carbocycles. The van der Waals surface area contributed by atoms with Crippen LogP contribution in [0.15, 0.2) is 48.5 Å². The predicted octanol–water partition coefficient (Wildman–Crippen LogP) is 4.84. The summed E-state index contributed by atoms with van der Waals surface area (Å²) in [6.07, 6.45) is -1.86. The fourth-order valence-corrected chi connectivity index (χ4v) is 3.73. The van der Waals surface area contributed by atoms with Gasteiger partial charge in [0.1, 0.15) is 5.69 Å². The Morgan fingerprint density at radius 3 is 2.32 bits per heavy atom. The maximum Gasteiger partial charge on any atom is 0.356 e. The van der Waals surface area contributed by atoms with Crippen molar-refractivity contribution < 1.29 is 19.4 Å². The maximum atomic E-state index is 13.2. The summed E-state index contributed by atoms with van der Waals surface area (Å²) in [5.41, 5.74) is 5.35. The summed E-state index contributed by atoms with van der Waals surface area (Å²) in [5, 5.41) is 12.9. The molecular weight excluding hydrogens is 392 g/mol. The van der Waals surface area contributed by atoms with Crippen LogP contribution in [0.5, 0.6) is 0 Å². The van der Waals surface area contributed by atoms with Crippen LogP contribution < -0.4 is 5.32 Å². The van der Waals surface area contributed by atoms with Gasteiger partial charge in [-0.15, -0.1) is 0 Å². The SMILES string of the molecule is Cc1ccc(C)c(NC(=O)[C@H](OC(=O)c2[nH]c(C)c([C@H](C)O)c2C)c2ccccc2)c1. The summed E-state index contributed by atoms with van der Waals surface area (Å²) < 4.78 is 5.69. The normalized spacial score (nSPS) is 12.8. The van der Waals surface area contributed by atoms with Crippen molar-refractivity contribution in [3.05, 3.63) is 87.7 Å². The largest absolute Gasteiger partial charge is 0.443 e. The van der Waals surface area contributed by atoms with Crippen molar-refractivity contribution in [1.82, 2.24) is 4.98 Å². The van der Waals surface area contributed by atoms with Crippen molar-refractivity contribution in [1.29, 1.82) is 0 Å². The Hall–Kier alpha value is -3.38. The van der Waals surface area contributed by atoms with Gasteiger partial charge >= 0.3 is 5.97 Å². The first kappa shape index (κ1) is 22.3. The van der Waals surface area contributed by atoms with Crippen molar-refractivity contribution in [2.45, 2.75) is 46.8 Å². The Kier molecular flexibility index (Phi) is 6.61. The second kappa shape index (κ2) is 9.18. The summed E-state index contributed by atoms with van der Waals surface area (Å²) in [4.78, 5) is 29.2. The number of aryl methyl sites for hydroxylation is 3. The van der Waals surface area contributed by atoms with E-state index in [4.69, 9.17) is 4.74 Å². The van der Waals surface area contributed by atoms with E-state index in [-0.39, 0.29) is 5.69 Å². The summed E-state index contributed by atoms with van der Waals surface area (Å²) in [6, 6.07) is 14.7. The monoisotopic (exact) mass is 420 g/mol. The van der Waals surface area contributed by atoms with Crippen LogP contribution in [-0.2, 0) is 9.53 Å². The number of rotatable bonds is 6. The van der Waals surface area contributed by atoms with Crippen molar-refractivity contribution in [2.75, 3.05) is 5.32 Å². The Morgan fingerprint density at radius 1 is 1.03 bits per heavy atom. The van der Waals surface area contributed by atoms with E-state index in [1.807, 2.05) is 38.1 Å². The van der Waals surface area contributed by atoms with E-state index in [9.17, 15) is 14.7 Å². The van der Waals surface area contributed by atoms with Crippen LogP contribution in [-0.4, -0.2) is 22.0 Å². The molecule has 1 amide bonds. The van der Waals surface area contributed by atoms with Gasteiger partial charge in [-0.25, -0.2) is 4.79 Å². The number of esters is 1. The Bertz CT molecular complexity index is 1100. The lowest BCUT2D eigenvalue weighted by Gasteiger charge is -2.19. The maximum absolute atomic E-state index is 13.2. The average molecular weight is 421 g/mol. The minimum Gasteiger partial charge on any atom is -0.443 e. The van der Waals surface area contributed by atoms with Crippen molar-refractivity contribution in [3.8, 4) is 0 Å². The van der Waals surface area contributed by atoms with Crippen LogP contribution in [0.25, 0.3) is 0 Å². The van der Waals surface area contributed by atoms with E-state index in [1.54, 1.807) is 45.0 Å². The number of hydrogen-bond donors (Lipinski definition) is 3. The van der Waals surface area contributed by atoms with Gasteiger partial charge in [-0.1, -0.05) is 42.5 Å². The molecule has 0 unspecified atom stereocenters. The molecule has 2 atom stereocenters. The van der Waals surface area contributed by atoms with Crippen LogP contribution in [0, 0.1) is 27.7 Å². The third kappa shape index (κ3) is 4.86. The van der Waals surface area contributed by atoms with Crippen LogP contribution in [0.3, 0.4) is 0 Å². The standard InChI is InChI=1S/C25H28N2O4/c1-14-11-12-15(2)20(13-14)27-24(29)23(19-9-7-6-8-10-19)31-25(30)22-16(3)21(18(5)28)17(4)26-22/h6-13,18,23,26,28H,1-5H3,(H,27,29)/t18-,23+/m0/s1. The van der Waals surface area contributed by atoms with E-state index in [0.29, 0.717) is 28.1 Å². The fourth-order valence-electron chi connectivity index (χ4n) is 3.73. The molecule has 0 aliphatic heterocycles. The number of H-pyrrole nitrogens is 1. The highest BCUT2D eigenvalue weighted by Gasteiger charge is 2.29. The molecule has 6 heteroatoms. The number of benzene rings is 2. The van der Waals surface area contributed by atoms with Crippen LogP contribution in [0.1, 0.15) is 63.1 Å². The zero-order valence-electron chi connectivity index (χ0n) is 18.4. The number of aromatic nitrogens is 1. The molecule has 0 bridgehead atoms. The molecule has 3 N–H and O–H groups in total. The minimum atomic E-state index is -1.13. The number of carbonyl (C=O) groups excluding carboxylic acids is 2. The van der Waals surface area contributed by atoms with Crippen molar-refractivity contribution in [2.24, 2.45) is 0 Å². The molecule has 2 aromatic carbocycles. The van der Waals surface area contributed by atoms with Crippen LogP contribution in [0.2, 0.25) is 0 Å². The van der Waals surface area contributed by atoms with Crippen molar-refractivity contribution >= 4 is 17.6 Å². The topological polar surface area (TPSA) is 91.4 Å². The zero-order valence-corrected chi connectivity index (χ0v) is 18.4. The quantitative estimate of drug-likeness (QED) is 0.498. The molecule has 0 fully saturated rings. The third-order valence-electron chi connectivity index (χ3n) is 5.33. The molecule has 0 radical (unpaired) electrons. The van der Waals surface area contributed by atoms with Gasteiger partial charge in [-0.05, 0) is 57.4 Å². The average Bonchev–Trinajstić information content (AvgIpc) is 3.03. The van der Waals surface area contributed by atoms with Gasteiger partial charge < -0.3 is 20.1 Å². The molecule has 1 aromatic heterocycles. The number of aliphatic hydroxyl groups excluding tert-OH is 1. The van der Waals surface area contributed by atoms with Gasteiger partial charge in [0.25, 0.3) is 5.91 Å². The Balaban J connectivity index is 1.92. The number of aromatic amines is 1. The zero-order chi connectivity index (χ0) is 22.7. The first-order chi connectivity index (χ1) is 14.7. The number of amides is 1. The van der Waals surface area contributed by atoms with Crippen molar-refractivity contribution in [3.63, 3.8) is 0 Å². The number of hydrogen-bond acceptors (Lipinski definition) is 4. The third-order valence-corrected chi connectivity index (χ3v) is 5.33. The van der Waals surface area contributed by atoms with Gasteiger partial charge in [-0.3, -0.25) is 4.79 Å². The summed E-state index contributed by atoms with van der Waals surface area (Å²) in [7, 11) is 0. The highest BCUT2D eigenvalue weighted by atomic mass is 16.5. The first-order valence-corrected chi connectivity index (χ1v) is 10.2. The Morgan fingerprint density at radius 2 is 1.71 bits per heavy atom. The number of ether oxygens (including phenoxy) is 1. The van der Waals surface area contributed by atoms with E-state index in [1.165, 1.54) is 0 Å². The lowest BCUT2D eigenvalue weighted by atomic mass is 10.1. The van der Waals surface area contributed by atoms with E-state index in [0.717, 1.165) is 11.1 Å². The number of nitrogens with one attached hydrogen (secondary N) is 2. The van der Waals surface area contributed by atoms with Gasteiger partial charge in [-0.2, -0.15) is 0 Å². The molecule has 0 aliphatic rings. The molecule has 31 heavy (non-hydrogen) atoms. The smallest absolute Gasteiger partial charge is 0.356 e. The number of carbonyl (C=O) groups is 2. The fraction of sp³-hybridized carbons (Fsp3) is 0.280. The molecule has 162 valence electrons. The van der Waals surface area contributed by atoms with Gasteiger partial charge in [0, 0.05) is 22.5 Å². The second-order valence-corrected chi connectivity index (χ2v) is 7.84. The molecule has 0 spiro atoms. The molecule has 3 aromatic rings. The highest BCUT2D eigenvalue weighted by molar-refractivity contribution is 5.98. The molecule has 1 heterocycles. The molecule has 0 aliphatic carbocycles. The highest BCUT2D eigenvalue weighted by Crippen LogP contribution is 2.28. The van der Waals surface area contributed by atoms with E-state index >= 15 is 0 Å². The second-order valence-electron chi connectivity index (χ2n) is 7.84. The van der Waals surface area contributed by atoms with Gasteiger partial charge in [0.2, 0.25) is 6.10 Å². The minimum absolute atomic E-state index is 0.230. The molecule has 6 nitrogen and oxygen atoms in total. The predicted molar refractivity (Wildman–Crippen MR) is 120 cm³/mol. The van der Waals surface area contributed by atoms with E-state index in [2.05, 4.69) is 10.3 Å². The first-order valence-electron chi connectivity index (χ1n) is 10.2. The summed E-state index contributed by atoms with van der Waals surface area (Å²) in [5.74, 6) is -1.10. The number of anilines is 1.